The van der Waals surface area contributed by atoms with Crippen LogP contribution in [0.4, 0.5) is 4.39 Å². The van der Waals surface area contributed by atoms with Gasteiger partial charge >= 0.3 is 5.97 Å². The lowest BCUT2D eigenvalue weighted by molar-refractivity contribution is -0.138. The van der Waals surface area contributed by atoms with E-state index in [1.807, 2.05) is 0 Å². The van der Waals surface area contributed by atoms with Crippen molar-refractivity contribution in [1.82, 2.24) is 15.5 Å². The molecule has 0 aliphatic carbocycles. The molecule has 9 heteroatoms. The van der Waals surface area contributed by atoms with Crippen LogP contribution < -0.4 is 10.6 Å². The summed E-state index contributed by atoms with van der Waals surface area (Å²) < 4.78 is 14.1. The van der Waals surface area contributed by atoms with Gasteiger partial charge < -0.3 is 20.6 Å². The number of likely N-dealkylation sites (tertiary alicyclic amines) is 1. The molecule has 0 saturated carbocycles. The van der Waals surface area contributed by atoms with Gasteiger partial charge in [-0.15, -0.1) is 0 Å². The van der Waals surface area contributed by atoms with Gasteiger partial charge in [0, 0.05) is 19.5 Å². The van der Waals surface area contributed by atoms with E-state index >= 15 is 0 Å². The minimum absolute atomic E-state index is 0.0577. The normalized spacial score (nSPS) is 20.0. The molecule has 178 valence electrons. The minimum atomic E-state index is -1.14. The molecule has 3 rings (SSSR count). The second kappa shape index (κ2) is 11.8. The first-order valence-electron chi connectivity index (χ1n) is 11.6. The van der Waals surface area contributed by atoms with Crippen molar-refractivity contribution in [3.05, 3.63) is 35.1 Å². The SMILES string of the molecule is N#Cc1ccc(C(CC(=O)O)NC(=O)C2CCCN(C(=O)CCC3CCNCC3)C2)cc1F. The van der Waals surface area contributed by atoms with Crippen LogP contribution in [0.5, 0.6) is 0 Å². The van der Waals surface area contributed by atoms with Crippen LogP contribution in [0.15, 0.2) is 18.2 Å². The number of hydrogen-bond donors (Lipinski definition) is 3. The predicted molar refractivity (Wildman–Crippen MR) is 118 cm³/mol. The molecule has 1 aromatic carbocycles. The molecule has 33 heavy (non-hydrogen) atoms. The third-order valence-electron chi connectivity index (χ3n) is 6.58. The number of carboxylic acid groups (broad SMARTS) is 1. The number of carbonyl (C=O) groups excluding carboxylic acids is 2. The number of nitriles is 1. The Bertz CT molecular complexity index is 910. The molecule has 2 heterocycles. The largest absolute Gasteiger partial charge is 0.481 e. The molecular formula is C24H31FN4O4. The maximum Gasteiger partial charge on any atom is 0.305 e. The zero-order chi connectivity index (χ0) is 23.8. The molecule has 0 aromatic heterocycles. The van der Waals surface area contributed by atoms with E-state index < -0.39 is 30.2 Å². The monoisotopic (exact) mass is 458 g/mol. The van der Waals surface area contributed by atoms with Crippen molar-refractivity contribution < 1.29 is 23.9 Å². The molecule has 2 unspecified atom stereocenters. The Balaban J connectivity index is 1.59. The summed E-state index contributed by atoms with van der Waals surface area (Å²) in [4.78, 5) is 38.8. The topological polar surface area (TPSA) is 123 Å². The van der Waals surface area contributed by atoms with E-state index in [1.54, 1.807) is 11.0 Å². The smallest absolute Gasteiger partial charge is 0.305 e. The summed E-state index contributed by atoms with van der Waals surface area (Å²) in [7, 11) is 0. The Morgan fingerprint density at radius 1 is 1.27 bits per heavy atom. The number of hydrogen-bond acceptors (Lipinski definition) is 5. The Labute approximate surface area is 193 Å². The highest BCUT2D eigenvalue weighted by Crippen LogP contribution is 2.24. The number of piperidine rings is 2. The van der Waals surface area contributed by atoms with Gasteiger partial charge in [-0.2, -0.15) is 5.26 Å². The van der Waals surface area contributed by atoms with Crippen molar-refractivity contribution >= 4 is 17.8 Å². The van der Waals surface area contributed by atoms with Gasteiger partial charge in [0.2, 0.25) is 11.8 Å². The zero-order valence-corrected chi connectivity index (χ0v) is 18.7. The van der Waals surface area contributed by atoms with Crippen molar-refractivity contribution in [2.24, 2.45) is 11.8 Å². The number of nitrogens with one attached hydrogen (secondary N) is 2. The maximum absolute atomic E-state index is 14.1. The van der Waals surface area contributed by atoms with E-state index in [0.717, 1.165) is 38.4 Å². The number of amides is 2. The highest BCUT2D eigenvalue weighted by Gasteiger charge is 2.30. The fourth-order valence-corrected chi connectivity index (χ4v) is 4.63. The Morgan fingerprint density at radius 2 is 2.03 bits per heavy atom. The summed E-state index contributed by atoms with van der Waals surface area (Å²) in [6.07, 6.45) is 4.39. The lowest BCUT2D eigenvalue weighted by Crippen LogP contribution is -2.46. The van der Waals surface area contributed by atoms with Gasteiger partial charge in [-0.3, -0.25) is 14.4 Å². The van der Waals surface area contributed by atoms with Crippen LogP contribution in [0.3, 0.4) is 0 Å². The second-order valence-corrected chi connectivity index (χ2v) is 8.92. The average Bonchev–Trinajstić information content (AvgIpc) is 2.82. The lowest BCUT2D eigenvalue weighted by atomic mass is 9.92. The first-order chi connectivity index (χ1) is 15.9. The second-order valence-electron chi connectivity index (χ2n) is 8.92. The van der Waals surface area contributed by atoms with Crippen LogP contribution in [0, 0.1) is 29.0 Å². The van der Waals surface area contributed by atoms with Crippen molar-refractivity contribution in [2.45, 2.75) is 51.0 Å². The van der Waals surface area contributed by atoms with Crippen molar-refractivity contribution in [1.29, 1.82) is 5.26 Å². The van der Waals surface area contributed by atoms with Gasteiger partial charge in [-0.05, 0) is 68.8 Å². The molecule has 0 radical (unpaired) electrons. The number of aliphatic carboxylic acids is 1. The van der Waals surface area contributed by atoms with E-state index in [-0.39, 0.29) is 22.9 Å². The van der Waals surface area contributed by atoms with Gasteiger partial charge in [0.1, 0.15) is 11.9 Å². The van der Waals surface area contributed by atoms with E-state index in [4.69, 9.17) is 5.26 Å². The average molecular weight is 459 g/mol. The zero-order valence-electron chi connectivity index (χ0n) is 18.7. The molecule has 2 amide bonds. The summed E-state index contributed by atoms with van der Waals surface area (Å²) in [5.41, 5.74) is 0.137. The Kier molecular flexibility index (Phi) is 8.78. The number of nitrogens with zero attached hydrogens (tertiary/aromatic N) is 2. The summed E-state index contributed by atoms with van der Waals surface area (Å²) in [6, 6.07) is 4.61. The quantitative estimate of drug-likeness (QED) is 0.550. The van der Waals surface area contributed by atoms with Crippen molar-refractivity contribution in [3.8, 4) is 6.07 Å². The molecule has 3 N–H and O–H groups in total. The fourth-order valence-electron chi connectivity index (χ4n) is 4.63. The first kappa shape index (κ1) is 24.6. The third kappa shape index (κ3) is 6.99. The molecule has 2 fully saturated rings. The number of halogens is 1. The molecule has 1 aromatic rings. The molecule has 2 saturated heterocycles. The Hall–Kier alpha value is -2.99. The Morgan fingerprint density at radius 3 is 2.70 bits per heavy atom. The lowest BCUT2D eigenvalue weighted by Gasteiger charge is -2.33. The number of benzene rings is 1. The molecule has 0 spiro atoms. The van der Waals surface area contributed by atoms with E-state index in [0.29, 0.717) is 38.3 Å². The highest BCUT2D eigenvalue weighted by molar-refractivity contribution is 5.82. The van der Waals surface area contributed by atoms with Crippen LogP contribution in [-0.2, 0) is 14.4 Å². The van der Waals surface area contributed by atoms with E-state index in [9.17, 15) is 23.9 Å². The summed E-state index contributed by atoms with van der Waals surface area (Å²) in [5, 5.41) is 24.2. The number of carboxylic acids is 1. The third-order valence-corrected chi connectivity index (χ3v) is 6.58. The summed E-state index contributed by atoms with van der Waals surface area (Å²) in [6.45, 7) is 2.91. The van der Waals surface area contributed by atoms with Gasteiger partial charge in [0.05, 0.1) is 23.9 Å². The number of carbonyl (C=O) groups is 3. The minimum Gasteiger partial charge on any atom is -0.481 e. The van der Waals surface area contributed by atoms with Crippen LogP contribution in [0.25, 0.3) is 0 Å². The summed E-state index contributed by atoms with van der Waals surface area (Å²) in [5.74, 6) is -2.07. The molecule has 8 nitrogen and oxygen atoms in total. The molecule has 2 aliphatic rings. The van der Waals surface area contributed by atoms with Crippen LogP contribution in [-0.4, -0.2) is 54.0 Å². The van der Waals surface area contributed by atoms with Gasteiger partial charge in [0.25, 0.3) is 0 Å². The maximum atomic E-state index is 14.1. The fraction of sp³-hybridized carbons (Fsp3) is 0.583. The van der Waals surface area contributed by atoms with Gasteiger partial charge in [-0.1, -0.05) is 6.07 Å². The van der Waals surface area contributed by atoms with Gasteiger partial charge in [0.15, 0.2) is 0 Å². The van der Waals surface area contributed by atoms with Crippen LogP contribution >= 0.6 is 0 Å². The molecule has 2 atom stereocenters. The molecule has 2 aliphatic heterocycles. The van der Waals surface area contributed by atoms with Crippen molar-refractivity contribution in [3.63, 3.8) is 0 Å². The highest BCUT2D eigenvalue weighted by atomic mass is 19.1. The molecular weight excluding hydrogens is 427 g/mol. The standard InChI is InChI=1S/C24H31FN4O4/c25-20-12-17(4-5-18(20)14-26)21(13-23(31)32)28-24(33)19-2-1-11-29(15-19)22(30)6-3-16-7-9-27-10-8-16/h4-5,12,16,19,21,27H,1-3,6-11,13,15H2,(H,28,33)(H,31,32). The van der Waals surface area contributed by atoms with E-state index in [2.05, 4.69) is 10.6 Å². The van der Waals surface area contributed by atoms with Crippen LogP contribution in [0.1, 0.15) is 62.1 Å². The molecule has 0 bridgehead atoms. The predicted octanol–water partition coefficient (Wildman–Crippen LogP) is 2.35. The summed E-state index contributed by atoms with van der Waals surface area (Å²) >= 11 is 0. The first-order valence-corrected chi connectivity index (χ1v) is 11.6. The van der Waals surface area contributed by atoms with E-state index in [1.165, 1.54) is 12.1 Å². The van der Waals surface area contributed by atoms with Crippen LogP contribution in [0.2, 0.25) is 0 Å². The van der Waals surface area contributed by atoms with Crippen molar-refractivity contribution in [2.75, 3.05) is 26.2 Å². The number of rotatable bonds is 8. The van der Waals surface area contributed by atoms with Gasteiger partial charge in [-0.25, -0.2) is 4.39 Å².